The van der Waals surface area contributed by atoms with Crippen LogP contribution in [0.25, 0.3) is 11.3 Å². The molecule has 0 spiro atoms. The number of benzene rings is 1. The Morgan fingerprint density at radius 2 is 2.00 bits per heavy atom. The molecule has 3 aromatic heterocycles. The standard InChI is InChI=1S/C22H20FN7O/c23-16-8-14(13-2-3-13)4-5-19(16)30-21(9-17(28-30)15-11-24-12-15)26-22(31)18-10-20-25-6-1-7-29(20)27-18/h1,4-10,13,15,24H,2-3,11-12H2,(H,26,31). The van der Waals surface area contributed by atoms with Gasteiger partial charge < -0.3 is 10.6 Å². The normalized spacial score (nSPS) is 16.4. The summed E-state index contributed by atoms with van der Waals surface area (Å²) in [7, 11) is 0. The van der Waals surface area contributed by atoms with Crippen LogP contribution < -0.4 is 10.6 Å². The molecule has 1 aliphatic carbocycles. The summed E-state index contributed by atoms with van der Waals surface area (Å²) < 4.78 is 18.0. The van der Waals surface area contributed by atoms with Crippen LogP contribution in [0.5, 0.6) is 0 Å². The quantitative estimate of drug-likeness (QED) is 0.521. The average Bonchev–Trinajstić information content (AvgIpc) is 3.36. The fourth-order valence-electron chi connectivity index (χ4n) is 3.86. The maximum absolute atomic E-state index is 15.0. The Bertz CT molecular complexity index is 1270. The topological polar surface area (TPSA) is 89.1 Å². The number of carbonyl (C=O) groups is 1. The zero-order valence-electron chi connectivity index (χ0n) is 16.6. The van der Waals surface area contributed by atoms with Crippen molar-refractivity contribution < 1.29 is 9.18 Å². The number of amides is 1. The highest BCUT2D eigenvalue weighted by molar-refractivity contribution is 6.03. The van der Waals surface area contributed by atoms with Crippen molar-refractivity contribution in [2.75, 3.05) is 18.4 Å². The molecule has 1 amide bonds. The van der Waals surface area contributed by atoms with E-state index >= 15 is 4.39 Å². The minimum absolute atomic E-state index is 0.225. The smallest absolute Gasteiger partial charge is 0.277 e. The van der Waals surface area contributed by atoms with Gasteiger partial charge in [-0.15, -0.1) is 0 Å². The second-order valence-corrected chi connectivity index (χ2v) is 8.11. The molecular weight excluding hydrogens is 397 g/mol. The van der Waals surface area contributed by atoms with Gasteiger partial charge in [0.25, 0.3) is 5.91 Å². The number of halogens is 1. The van der Waals surface area contributed by atoms with Crippen LogP contribution in [0.2, 0.25) is 0 Å². The Morgan fingerprint density at radius 1 is 1.13 bits per heavy atom. The Morgan fingerprint density at radius 3 is 2.71 bits per heavy atom. The molecule has 2 aliphatic rings. The van der Waals surface area contributed by atoms with Gasteiger partial charge in [0.05, 0.1) is 5.69 Å². The van der Waals surface area contributed by atoms with E-state index in [0.717, 1.165) is 37.2 Å². The molecule has 0 unspecified atom stereocenters. The molecule has 1 aromatic carbocycles. The van der Waals surface area contributed by atoms with E-state index in [1.165, 1.54) is 9.20 Å². The summed E-state index contributed by atoms with van der Waals surface area (Å²) in [4.78, 5) is 17.1. The van der Waals surface area contributed by atoms with Crippen molar-refractivity contribution >= 4 is 17.4 Å². The minimum Gasteiger partial charge on any atom is -0.315 e. The SMILES string of the molecule is O=C(Nc1cc(C2CNC2)nn1-c1ccc(C2CC2)cc1F)c1cc2ncccn2n1. The van der Waals surface area contributed by atoms with Crippen molar-refractivity contribution in [2.45, 2.75) is 24.7 Å². The number of anilines is 1. The summed E-state index contributed by atoms with van der Waals surface area (Å²) in [6, 6.07) is 10.4. The summed E-state index contributed by atoms with van der Waals surface area (Å²) in [6.07, 6.45) is 5.58. The predicted octanol–water partition coefficient (Wildman–Crippen LogP) is 2.87. The summed E-state index contributed by atoms with van der Waals surface area (Å²) in [5, 5.41) is 15.0. The fraction of sp³-hybridized carbons (Fsp3) is 0.273. The highest BCUT2D eigenvalue weighted by Crippen LogP contribution is 2.40. The lowest BCUT2D eigenvalue weighted by Crippen LogP contribution is -2.40. The molecule has 4 aromatic rings. The van der Waals surface area contributed by atoms with Crippen molar-refractivity contribution in [1.82, 2.24) is 29.7 Å². The van der Waals surface area contributed by atoms with Crippen molar-refractivity contribution in [2.24, 2.45) is 0 Å². The zero-order valence-corrected chi connectivity index (χ0v) is 16.6. The van der Waals surface area contributed by atoms with E-state index in [2.05, 4.69) is 25.8 Å². The van der Waals surface area contributed by atoms with E-state index in [4.69, 9.17) is 0 Å². The third-order valence-electron chi connectivity index (χ3n) is 5.89. The van der Waals surface area contributed by atoms with E-state index in [0.29, 0.717) is 23.1 Å². The molecule has 0 atom stereocenters. The first kappa shape index (κ1) is 18.2. The van der Waals surface area contributed by atoms with E-state index in [1.54, 1.807) is 36.7 Å². The summed E-state index contributed by atoms with van der Waals surface area (Å²) in [5.74, 6) is 0.360. The molecule has 0 radical (unpaired) electrons. The molecule has 9 heteroatoms. The molecule has 1 saturated carbocycles. The van der Waals surface area contributed by atoms with Gasteiger partial charge in [-0.2, -0.15) is 10.2 Å². The van der Waals surface area contributed by atoms with Crippen LogP contribution in [0.1, 0.15) is 46.4 Å². The molecule has 1 aliphatic heterocycles. The Labute approximate surface area is 177 Å². The summed E-state index contributed by atoms with van der Waals surface area (Å²) in [5.41, 5.74) is 2.94. The van der Waals surface area contributed by atoms with Gasteiger partial charge in [-0.1, -0.05) is 6.07 Å². The lowest BCUT2D eigenvalue weighted by Gasteiger charge is -2.24. The number of hydrogen-bond acceptors (Lipinski definition) is 5. The summed E-state index contributed by atoms with van der Waals surface area (Å²) in [6.45, 7) is 1.62. The number of aromatic nitrogens is 5. The molecule has 31 heavy (non-hydrogen) atoms. The van der Waals surface area contributed by atoms with Crippen LogP contribution in [0.15, 0.2) is 48.8 Å². The van der Waals surface area contributed by atoms with Crippen molar-refractivity contribution in [3.05, 3.63) is 71.6 Å². The molecule has 2 N–H and O–H groups in total. The number of fused-ring (bicyclic) bond motifs is 1. The first-order valence-corrected chi connectivity index (χ1v) is 10.4. The maximum Gasteiger partial charge on any atom is 0.277 e. The Kier molecular flexibility index (Phi) is 4.10. The molecule has 8 nitrogen and oxygen atoms in total. The lowest BCUT2D eigenvalue weighted by molar-refractivity contribution is 0.102. The van der Waals surface area contributed by atoms with Crippen LogP contribution in [0.4, 0.5) is 10.2 Å². The average molecular weight is 417 g/mol. The molecule has 1 saturated heterocycles. The third-order valence-corrected chi connectivity index (χ3v) is 5.89. The van der Waals surface area contributed by atoms with Gasteiger partial charge in [0.1, 0.15) is 17.3 Å². The minimum atomic E-state index is -0.403. The largest absolute Gasteiger partial charge is 0.315 e. The van der Waals surface area contributed by atoms with Gasteiger partial charge in [0.2, 0.25) is 0 Å². The van der Waals surface area contributed by atoms with Crippen molar-refractivity contribution in [3.63, 3.8) is 0 Å². The van der Waals surface area contributed by atoms with Gasteiger partial charge >= 0.3 is 0 Å². The van der Waals surface area contributed by atoms with Gasteiger partial charge in [-0.25, -0.2) is 18.6 Å². The molecule has 6 rings (SSSR count). The van der Waals surface area contributed by atoms with Crippen LogP contribution in [-0.2, 0) is 0 Å². The highest BCUT2D eigenvalue weighted by atomic mass is 19.1. The van der Waals surface area contributed by atoms with E-state index in [1.807, 2.05) is 12.1 Å². The van der Waals surface area contributed by atoms with Crippen LogP contribution >= 0.6 is 0 Å². The number of nitrogens with one attached hydrogen (secondary N) is 2. The van der Waals surface area contributed by atoms with E-state index in [9.17, 15) is 4.79 Å². The summed E-state index contributed by atoms with van der Waals surface area (Å²) >= 11 is 0. The number of rotatable bonds is 5. The molecule has 156 valence electrons. The number of hydrogen-bond donors (Lipinski definition) is 2. The molecule has 2 fully saturated rings. The van der Waals surface area contributed by atoms with Crippen molar-refractivity contribution in [1.29, 1.82) is 0 Å². The number of nitrogens with zero attached hydrogens (tertiary/aromatic N) is 5. The predicted molar refractivity (Wildman–Crippen MR) is 112 cm³/mol. The van der Waals surface area contributed by atoms with E-state index in [-0.39, 0.29) is 17.4 Å². The van der Waals surface area contributed by atoms with Crippen LogP contribution in [0.3, 0.4) is 0 Å². The zero-order chi connectivity index (χ0) is 20.9. The first-order valence-electron chi connectivity index (χ1n) is 10.4. The van der Waals surface area contributed by atoms with E-state index < -0.39 is 5.91 Å². The first-order chi connectivity index (χ1) is 15.2. The maximum atomic E-state index is 15.0. The lowest BCUT2D eigenvalue weighted by atomic mass is 10.00. The van der Waals surface area contributed by atoms with Crippen LogP contribution in [0, 0.1) is 5.82 Å². The van der Waals surface area contributed by atoms with Gasteiger partial charge in [-0.05, 0) is 42.5 Å². The van der Waals surface area contributed by atoms with Crippen LogP contribution in [-0.4, -0.2) is 43.4 Å². The third kappa shape index (κ3) is 3.27. The highest BCUT2D eigenvalue weighted by Gasteiger charge is 2.27. The second-order valence-electron chi connectivity index (χ2n) is 8.11. The molecule has 0 bridgehead atoms. The second kappa shape index (κ2) is 6.98. The Balaban J connectivity index is 1.36. The van der Waals surface area contributed by atoms with Gasteiger partial charge in [0, 0.05) is 43.5 Å². The van der Waals surface area contributed by atoms with Gasteiger partial charge in [-0.3, -0.25) is 4.79 Å². The fourth-order valence-corrected chi connectivity index (χ4v) is 3.86. The number of carbonyl (C=O) groups excluding carboxylic acids is 1. The molecular formula is C22H20FN7O. The monoisotopic (exact) mass is 417 g/mol. The Hall–Kier alpha value is -3.59. The van der Waals surface area contributed by atoms with Gasteiger partial charge in [0.15, 0.2) is 11.3 Å². The molecule has 4 heterocycles. The van der Waals surface area contributed by atoms with Crippen molar-refractivity contribution in [3.8, 4) is 5.69 Å².